The molecular formula is C11H15N3O2S. The Labute approximate surface area is 104 Å². The molecule has 2 fully saturated rings. The van der Waals surface area contributed by atoms with E-state index in [1.54, 1.807) is 5.38 Å². The van der Waals surface area contributed by atoms with Gasteiger partial charge in [-0.3, -0.25) is 4.79 Å². The molecule has 1 aromatic rings. The molecule has 1 saturated heterocycles. The van der Waals surface area contributed by atoms with Crippen molar-refractivity contribution in [2.75, 3.05) is 13.2 Å². The van der Waals surface area contributed by atoms with Crippen molar-refractivity contribution in [1.29, 1.82) is 0 Å². The molecule has 1 saturated carbocycles. The fourth-order valence-corrected chi connectivity index (χ4v) is 3.18. The summed E-state index contributed by atoms with van der Waals surface area (Å²) in [5.74, 6) is 0.0129. The van der Waals surface area contributed by atoms with Gasteiger partial charge in [0.15, 0.2) is 5.69 Å². The molecule has 1 aromatic heterocycles. The summed E-state index contributed by atoms with van der Waals surface area (Å²) in [5, 5.41) is 5.58. The van der Waals surface area contributed by atoms with Crippen LogP contribution in [0.5, 0.6) is 0 Å². The molecule has 2 heterocycles. The number of hydrogen-bond donors (Lipinski definition) is 0. The lowest BCUT2D eigenvalue weighted by molar-refractivity contribution is -0.0754. The van der Waals surface area contributed by atoms with E-state index in [4.69, 9.17) is 4.74 Å². The van der Waals surface area contributed by atoms with Crippen LogP contribution in [0.1, 0.15) is 36.2 Å². The maximum atomic E-state index is 12.3. The van der Waals surface area contributed by atoms with Crippen molar-refractivity contribution < 1.29 is 9.53 Å². The number of aromatic nitrogens is 2. The summed E-state index contributed by atoms with van der Waals surface area (Å²) in [6.07, 6.45) is 4.75. The van der Waals surface area contributed by atoms with E-state index >= 15 is 0 Å². The van der Waals surface area contributed by atoms with Crippen LogP contribution in [-0.2, 0) is 4.74 Å². The Morgan fingerprint density at radius 2 is 2.35 bits per heavy atom. The average molecular weight is 253 g/mol. The third-order valence-electron chi connectivity index (χ3n) is 3.57. The van der Waals surface area contributed by atoms with Gasteiger partial charge in [0.1, 0.15) is 0 Å². The first-order chi connectivity index (χ1) is 8.36. The van der Waals surface area contributed by atoms with Gasteiger partial charge in [-0.15, -0.1) is 5.10 Å². The molecule has 3 rings (SSSR count). The molecule has 0 bridgehead atoms. The van der Waals surface area contributed by atoms with E-state index in [2.05, 4.69) is 9.59 Å². The first-order valence-corrected chi connectivity index (χ1v) is 6.89. The molecule has 2 aliphatic rings. The van der Waals surface area contributed by atoms with Crippen LogP contribution in [0.4, 0.5) is 0 Å². The Morgan fingerprint density at radius 1 is 1.47 bits per heavy atom. The average Bonchev–Trinajstić information content (AvgIpc) is 2.91. The monoisotopic (exact) mass is 253 g/mol. The van der Waals surface area contributed by atoms with E-state index in [-0.39, 0.29) is 18.1 Å². The lowest BCUT2D eigenvalue weighted by Gasteiger charge is -2.43. The predicted molar refractivity (Wildman–Crippen MR) is 62.9 cm³/mol. The molecule has 0 unspecified atom stereocenters. The minimum absolute atomic E-state index is 0.0129. The van der Waals surface area contributed by atoms with Crippen LogP contribution in [0.15, 0.2) is 5.38 Å². The Hall–Kier alpha value is -1.01. The maximum absolute atomic E-state index is 12.3. The first-order valence-electron chi connectivity index (χ1n) is 6.06. The van der Waals surface area contributed by atoms with Crippen LogP contribution < -0.4 is 0 Å². The highest BCUT2D eigenvalue weighted by Crippen LogP contribution is 2.29. The van der Waals surface area contributed by atoms with Gasteiger partial charge in [0.2, 0.25) is 0 Å². The molecule has 92 valence electrons. The fourth-order valence-electron chi connectivity index (χ4n) is 2.75. The van der Waals surface area contributed by atoms with Crippen molar-refractivity contribution in [2.45, 2.75) is 37.8 Å². The summed E-state index contributed by atoms with van der Waals surface area (Å²) >= 11 is 1.22. The highest BCUT2D eigenvalue weighted by Gasteiger charge is 2.37. The van der Waals surface area contributed by atoms with E-state index in [0.29, 0.717) is 18.8 Å². The predicted octanol–water partition coefficient (Wildman–Crippen LogP) is 1.32. The van der Waals surface area contributed by atoms with Gasteiger partial charge in [-0.1, -0.05) is 17.3 Å². The summed E-state index contributed by atoms with van der Waals surface area (Å²) < 4.78 is 9.51. The van der Waals surface area contributed by atoms with Crippen LogP contribution in [-0.4, -0.2) is 45.7 Å². The van der Waals surface area contributed by atoms with Crippen molar-refractivity contribution in [3.63, 3.8) is 0 Å². The van der Waals surface area contributed by atoms with Crippen LogP contribution in [0.2, 0.25) is 0 Å². The number of nitrogens with zero attached hydrogens (tertiary/aromatic N) is 3. The van der Waals surface area contributed by atoms with Crippen molar-refractivity contribution in [2.24, 2.45) is 0 Å². The van der Waals surface area contributed by atoms with Crippen molar-refractivity contribution in [3.05, 3.63) is 11.1 Å². The summed E-state index contributed by atoms with van der Waals surface area (Å²) in [7, 11) is 0. The summed E-state index contributed by atoms with van der Waals surface area (Å²) in [5.41, 5.74) is 0.473. The zero-order valence-electron chi connectivity index (χ0n) is 9.54. The number of ether oxygens (including phenoxy) is 1. The van der Waals surface area contributed by atoms with E-state index in [0.717, 1.165) is 12.8 Å². The number of carbonyl (C=O) groups is 1. The Bertz CT molecular complexity index is 393. The molecule has 1 amide bonds. The minimum Gasteiger partial charge on any atom is -0.374 e. The van der Waals surface area contributed by atoms with Crippen molar-refractivity contribution in [3.8, 4) is 0 Å². The van der Waals surface area contributed by atoms with Crippen LogP contribution in [0, 0.1) is 0 Å². The standard InChI is InChI=1S/C11H15N3O2S/c15-11(8-7-17-13-12-8)14-5-6-16-10-4-2-1-3-9(10)14/h7,9-10H,1-6H2/t9-,10-/m0/s1. The number of hydrogen-bond acceptors (Lipinski definition) is 5. The van der Waals surface area contributed by atoms with Gasteiger partial charge < -0.3 is 9.64 Å². The van der Waals surface area contributed by atoms with Gasteiger partial charge in [-0.25, -0.2) is 0 Å². The molecule has 6 heteroatoms. The number of rotatable bonds is 1. The van der Waals surface area contributed by atoms with Gasteiger partial charge in [0.25, 0.3) is 5.91 Å². The molecular weight excluding hydrogens is 238 g/mol. The fraction of sp³-hybridized carbons (Fsp3) is 0.727. The molecule has 17 heavy (non-hydrogen) atoms. The SMILES string of the molecule is O=C(c1csnn1)N1CCO[C@H]2CCCC[C@@H]21. The van der Waals surface area contributed by atoms with Crippen LogP contribution in [0.3, 0.4) is 0 Å². The number of morpholine rings is 1. The lowest BCUT2D eigenvalue weighted by Crippen LogP contribution is -2.54. The Morgan fingerprint density at radius 3 is 3.18 bits per heavy atom. The van der Waals surface area contributed by atoms with Crippen molar-refractivity contribution >= 4 is 17.4 Å². The van der Waals surface area contributed by atoms with E-state index in [1.807, 2.05) is 4.90 Å². The molecule has 1 aliphatic carbocycles. The first kappa shape index (κ1) is 11.1. The molecule has 1 aliphatic heterocycles. The molecule has 0 spiro atoms. The van der Waals surface area contributed by atoms with Gasteiger partial charge in [-0.2, -0.15) is 0 Å². The molecule has 0 aromatic carbocycles. The summed E-state index contributed by atoms with van der Waals surface area (Å²) in [4.78, 5) is 14.2. The summed E-state index contributed by atoms with van der Waals surface area (Å²) in [6, 6.07) is 0.242. The van der Waals surface area contributed by atoms with E-state index in [1.165, 1.54) is 24.4 Å². The Kier molecular flexibility index (Phi) is 3.07. The molecule has 0 radical (unpaired) electrons. The third-order valence-corrected chi connectivity index (χ3v) is 4.08. The Balaban J connectivity index is 1.79. The van der Waals surface area contributed by atoms with Crippen LogP contribution >= 0.6 is 11.5 Å². The van der Waals surface area contributed by atoms with Gasteiger partial charge in [0, 0.05) is 11.9 Å². The van der Waals surface area contributed by atoms with Crippen molar-refractivity contribution in [1.82, 2.24) is 14.5 Å². The minimum atomic E-state index is 0.0129. The molecule has 5 nitrogen and oxygen atoms in total. The third kappa shape index (κ3) is 2.07. The highest BCUT2D eigenvalue weighted by atomic mass is 32.1. The van der Waals surface area contributed by atoms with Gasteiger partial charge >= 0.3 is 0 Å². The molecule has 0 N–H and O–H groups in total. The quantitative estimate of drug-likeness (QED) is 0.757. The number of fused-ring (bicyclic) bond motifs is 1. The maximum Gasteiger partial charge on any atom is 0.275 e. The van der Waals surface area contributed by atoms with Crippen LogP contribution in [0.25, 0.3) is 0 Å². The number of amides is 1. The highest BCUT2D eigenvalue weighted by molar-refractivity contribution is 7.03. The van der Waals surface area contributed by atoms with Gasteiger partial charge in [0.05, 0.1) is 18.8 Å². The summed E-state index contributed by atoms with van der Waals surface area (Å²) in [6.45, 7) is 1.32. The second-order valence-corrected chi connectivity index (χ2v) is 5.16. The zero-order valence-corrected chi connectivity index (χ0v) is 10.4. The lowest BCUT2D eigenvalue weighted by atomic mass is 9.90. The zero-order chi connectivity index (χ0) is 11.7. The van der Waals surface area contributed by atoms with E-state index in [9.17, 15) is 4.79 Å². The number of carbonyl (C=O) groups excluding carboxylic acids is 1. The normalized spacial score (nSPS) is 28.8. The van der Waals surface area contributed by atoms with E-state index < -0.39 is 0 Å². The largest absolute Gasteiger partial charge is 0.374 e. The smallest absolute Gasteiger partial charge is 0.275 e. The second-order valence-electron chi connectivity index (χ2n) is 4.55. The van der Waals surface area contributed by atoms with Gasteiger partial charge in [-0.05, 0) is 24.4 Å². The second kappa shape index (κ2) is 4.70. The molecule has 2 atom stereocenters. The topological polar surface area (TPSA) is 55.3 Å².